The first-order valence-corrected chi connectivity index (χ1v) is 13.4. The van der Waals surface area contributed by atoms with Gasteiger partial charge in [-0.1, -0.05) is 24.3 Å². The third kappa shape index (κ3) is 6.39. The van der Waals surface area contributed by atoms with Crippen LogP contribution in [0.5, 0.6) is 0 Å². The molecule has 1 aliphatic heterocycles. The van der Waals surface area contributed by atoms with Crippen LogP contribution >= 0.6 is 0 Å². The molecular formula is C22H29N3O6S2. The zero-order valence-electron chi connectivity index (χ0n) is 18.7. The Balaban J connectivity index is 1.49. The summed E-state index contributed by atoms with van der Waals surface area (Å²) in [6, 6.07) is 13.0. The van der Waals surface area contributed by atoms with Crippen LogP contribution in [0.25, 0.3) is 0 Å². The summed E-state index contributed by atoms with van der Waals surface area (Å²) in [5, 5.41) is 2.82. The average molecular weight is 496 g/mol. The molecule has 1 saturated heterocycles. The van der Waals surface area contributed by atoms with Crippen LogP contribution in [0.1, 0.15) is 17.5 Å². The summed E-state index contributed by atoms with van der Waals surface area (Å²) in [4.78, 5) is 12.6. The zero-order valence-corrected chi connectivity index (χ0v) is 20.4. The second-order valence-corrected chi connectivity index (χ2v) is 12.0. The van der Waals surface area contributed by atoms with E-state index in [0.29, 0.717) is 32.7 Å². The lowest BCUT2D eigenvalue weighted by atomic mass is 10.1. The largest absolute Gasteiger partial charge is 0.379 e. The van der Waals surface area contributed by atoms with Crippen molar-refractivity contribution in [3.05, 3.63) is 59.7 Å². The van der Waals surface area contributed by atoms with Crippen molar-refractivity contribution in [2.75, 3.05) is 40.4 Å². The quantitative estimate of drug-likeness (QED) is 0.560. The van der Waals surface area contributed by atoms with Crippen LogP contribution in [0.15, 0.2) is 58.3 Å². The third-order valence-electron chi connectivity index (χ3n) is 5.36. The van der Waals surface area contributed by atoms with Crippen molar-refractivity contribution in [1.82, 2.24) is 13.9 Å². The highest BCUT2D eigenvalue weighted by molar-refractivity contribution is 7.89. The number of nitrogens with one attached hydrogen (secondary N) is 1. The Morgan fingerprint density at radius 3 is 2.03 bits per heavy atom. The summed E-state index contributed by atoms with van der Waals surface area (Å²) in [7, 11) is -4.06. The number of amides is 1. The summed E-state index contributed by atoms with van der Waals surface area (Å²) in [6.07, 6.45) is 0.730. The number of nitrogens with zero attached hydrogens (tertiary/aromatic N) is 2. The number of hydrogen-bond donors (Lipinski definition) is 1. The molecule has 1 heterocycles. The van der Waals surface area contributed by atoms with Crippen molar-refractivity contribution in [3.8, 4) is 0 Å². The van der Waals surface area contributed by atoms with E-state index < -0.39 is 20.0 Å². The van der Waals surface area contributed by atoms with Crippen LogP contribution in [-0.4, -0.2) is 71.8 Å². The first-order chi connectivity index (χ1) is 15.6. The maximum atomic E-state index is 12.7. The van der Waals surface area contributed by atoms with E-state index in [4.69, 9.17) is 4.74 Å². The van der Waals surface area contributed by atoms with Gasteiger partial charge in [-0.05, 0) is 41.8 Å². The Kier molecular flexibility index (Phi) is 8.24. The van der Waals surface area contributed by atoms with E-state index in [1.54, 1.807) is 36.4 Å². The maximum Gasteiger partial charge on any atom is 0.243 e. The molecule has 0 unspecified atom stereocenters. The minimum Gasteiger partial charge on any atom is -0.379 e. The molecule has 0 atom stereocenters. The van der Waals surface area contributed by atoms with Crippen molar-refractivity contribution >= 4 is 26.0 Å². The molecule has 0 aromatic heterocycles. The molecular weight excluding hydrogens is 466 g/mol. The Bertz CT molecular complexity index is 1160. The molecule has 0 saturated carbocycles. The summed E-state index contributed by atoms with van der Waals surface area (Å²) < 4.78 is 57.3. The van der Waals surface area contributed by atoms with Crippen molar-refractivity contribution in [3.63, 3.8) is 0 Å². The minimum atomic E-state index is -3.54. The number of sulfonamides is 2. The Labute approximate surface area is 195 Å². The molecule has 11 heteroatoms. The molecule has 2 aromatic carbocycles. The van der Waals surface area contributed by atoms with Gasteiger partial charge < -0.3 is 10.1 Å². The van der Waals surface area contributed by atoms with Gasteiger partial charge in [0.05, 0.1) is 23.0 Å². The summed E-state index contributed by atoms with van der Waals surface area (Å²) in [5.41, 5.74) is 1.66. The van der Waals surface area contributed by atoms with Crippen LogP contribution in [0.4, 0.5) is 0 Å². The number of morpholine rings is 1. The van der Waals surface area contributed by atoms with E-state index in [0.717, 1.165) is 15.4 Å². The highest BCUT2D eigenvalue weighted by atomic mass is 32.2. The molecule has 0 bridgehead atoms. The minimum absolute atomic E-state index is 0.148. The maximum absolute atomic E-state index is 12.7. The molecule has 1 N–H and O–H groups in total. The van der Waals surface area contributed by atoms with E-state index in [1.807, 2.05) is 0 Å². The zero-order chi connectivity index (χ0) is 24.1. The highest BCUT2D eigenvalue weighted by Gasteiger charge is 2.26. The molecule has 0 aliphatic carbocycles. The molecule has 1 aliphatic rings. The fourth-order valence-electron chi connectivity index (χ4n) is 3.30. The predicted molar refractivity (Wildman–Crippen MR) is 124 cm³/mol. The SMILES string of the molecule is CN(C)S(=O)(=O)c1ccc(CCC(=O)NCc2ccc(S(=O)(=O)N3CCOCC3)cc2)cc1. The van der Waals surface area contributed by atoms with Gasteiger partial charge in [-0.25, -0.2) is 21.1 Å². The molecule has 0 radical (unpaired) electrons. The second kappa shape index (κ2) is 10.7. The lowest BCUT2D eigenvalue weighted by molar-refractivity contribution is -0.121. The number of rotatable bonds is 9. The van der Waals surface area contributed by atoms with E-state index >= 15 is 0 Å². The Morgan fingerprint density at radius 2 is 1.45 bits per heavy atom. The number of hydrogen-bond acceptors (Lipinski definition) is 6. The second-order valence-electron chi connectivity index (χ2n) is 7.87. The van der Waals surface area contributed by atoms with Crippen molar-refractivity contribution in [1.29, 1.82) is 0 Å². The normalized spacial score (nSPS) is 15.5. The highest BCUT2D eigenvalue weighted by Crippen LogP contribution is 2.18. The fraction of sp³-hybridized carbons (Fsp3) is 0.409. The Morgan fingerprint density at radius 1 is 0.909 bits per heavy atom. The molecule has 180 valence electrons. The van der Waals surface area contributed by atoms with E-state index in [1.165, 1.54) is 30.5 Å². The molecule has 1 amide bonds. The first-order valence-electron chi connectivity index (χ1n) is 10.6. The molecule has 3 rings (SSSR count). The van der Waals surface area contributed by atoms with Crippen LogP contribution in [-0.2, 0) is 42.5 Å². The monoisotopic (exact) mass is 495 g/mol. The number of ether oxygens (including phenoxy) is 1. The van der Waals surface area contributed by atoms with E-state index in [-0.39, 0.29) is 28.7 Å². The van der Waals surface area contributed by atoms with Gasteiger partial charge in [0, 0.05) is 40.2 Å². The van der Waals surface area contributed by atoms with Gasteiger partial charge in [0.25, 0.3) is 0 Å². The van der Waals surface area contributed by atoms with Crippen molar-refractivity contribution in [2.24, 2.45) is 0 Å². The van der Waals surface area contributed by atoms with Gasteiger partial charge in [0.2, 0.25) is 26.0 Å². The molecule has 0 spiro atoms. The van der Waals surface area contributed by atoms with Gasteiger partial charge in [-0.15, -0.1) is 0 Å². The summed E-state index contributed by atoms with van der Waals surface area (Å²) in [5.74, 6) is -0.148. The average Bonchev–Trinajstić information content (AvgIpc) is 2.82. The van der Waals surface area contributed by atoms with E-state index in [9.17, 15) is 21.6 Å². The van der Waals surface area contributed by atoms with Crippen LogP contribution in [0.3, 0.4) is 0 Å². The number of benzene rings is 2. The molecule has 1 fully saturated rings. The van der Waals surface area contributed by atoms with Crippen LogP contribution in [0.2, 0.25) is 0 Å². The van der Waals surface area contributed by atoms with Crippen molar-refractivity contribution in [2.45, 2.75) is 29.2 Å². The van der Waals surface area contributed by atoms with Crippen LogP contribution in [0, 0.1) is 0 Å². The molecule has 2 aromatic rings. The van der Waals surface area contributed by atoms with Crippen LogP contribution < -0.4 is 5.32 Å². The van der Waals surface area contributed by atoms with Gasteiger partial charge in [0.15, 0.2) is 0 Å². The topological polar surface area (TPSA) is 113 Å². The first kappa shape index (κ1) is 25.3. The van der Waals surface area contributed by atoms with Gasteiger partial charge in [0.1, 0.15) is 0 Å². The number of carbonyl (C=O) groups excluding carboxylic acids is 1. The van der Waals surface area contributed by atoms with Gasteiger partial charge >= 0.3 is 0 Å². The van der Waals surface area contributed by atoms with Gasteiger partial charge in [-0.2, -0.15) is 4.31 Å². The van der Waals surface area contributed by atoms with Gasteiger partial charge in [-0.3, -0.25) is 4.79 Å². The summed E-state index contributed by atoms with van der Waals surface area (Å²) in [6.45, 7) is 1.75. The predicted octanol–water partition coefficient (Wildman–Crippen LogP) is 1.21. The lowest BCUT2D eigenvalue weighted by Gasteiger charge is -2.26. The fourth-order valence-corrected chi connectivity index (χ4v) is 5.61. The smallest absolute Gasteiger partial charge is 0.243 e. The summed E-state index contributed by atoms with van der Waals surface area (Å²) >= 11 is 0. The standard InChI is InChI=1S/C22H29N3O6S2/c1-24(2)32(27,28)20-8-3-18(4-9-20)7-12-22(26)23-17-19-5-10-21(11-6-19)33(29,30)25-13-15-31-16-14-25/h3-6,8-11H,7,12-17H2,1-2H3,(H,23,26). The molecule has 33 heavy (non-hydrogen) atoms. The van der Waals surface area contributed by atoms with E-state index in [2.05, 4.69) is 5.32 Å². The Hall–Kier alpha value is -2.31. The number of aryl methyl sites for hydroxylation is 1. The third-order valence-corrected chi connectivity index (χ3v) is 9.11. The lowest BCUT2D eigenvalue weighted by Crippen LogP contribution is -2.40. The number of carbonyl (C=O) groups is 1. The van der Waals surface area contributed by atoms with Crippen molar-refractivity contribution < 1.29 is 26.4 Å². The molecule has 9 nitrogen and oxygen atoms in total.